The van der Waals surface area contributed by atoms with E-state index < -0.39 is 0 Å². The second kappa shape index (κ2) is 9.37. The molecule has 0 saturated heterocycles. The quantitative estimate of drug-likeness (QED) is 0.469. The Bertz CT molecular complexity index is 878. The number of rotatable bonds is 8. The number of nitrogens with one attached hydrogen (secondary N) is 1. The minimum atomic E-state index is -0.269. The summed E-state index contributed by atoms with van der Waals surface area (Å²) in [5.41, 5.74) is 3.24. The molecule has 1 N–H and O–H groups in total. The highest BCUT2D eigenvalue weighted by molar-refractivity contribution is 8.00. The zero-order valence-corrected chi connectivity index (χ0v) is 16.0. The molecule has 0 saturated carbocycles. The van der Waals surface area contributed by atoms with Crippen molar-refractivity contribution < 1.29 is 9.18 Å². The van der Waals surface area contributed by atoms with Crippen LogP contribution in [0.2, 0.25) is 0 Å². The number of carbonyl (C=O) groups excluding carboxylic acids is 1. The number of nitrogens with zero attached hydrogens (tertiary/aromatic N) is 2. The van der Waals surface area contributed by atoms with Crippen molar-refractivity contribution in [1.82, 2.24) is 15.1 Å². The molecule has 2 aromatic carbocycles. The first-order valence-corrected chi connectivity index (χ1v) is 9.86. The van der Waals surface area contributed by atoms with Gasteiger partial charge in [-0.05, 0) is 61.7 Å². The summed E-state index contributed by atoms with van der Waals surface area (Å²) in [6, 6.07) is 16.2. The van der Waals surface area contributed by atoms with E-state index >= 15 is 0 Å². The molecule has 0 spiro atoms. The van der Waals surface area contributed by atoms with Crippen molar-refractivity contribution in [3.05, 3.63) is 77.9 Å². The van der Waals surface area contributed by atoms with E-state index in [1.807, 2.05) is 41.9 Å². The van der Waals surface area contributed by atoms with E-state index in [-0.39, 0.29) is 11.7 Å². The normalized spacial score (nSPS) is 10.7. The highest BCUT2D eigenvalue weighted by Gasteiger charge is 2.07. The van der Waals surface area contributed by atoms with E-state index in [9.17, 15) is 9.18 Å². The highest BCUT2D eigenvalue weighted by atomic mass is 32.2. The van der Waals surface area contributed by atoms with Crippen LogP contribution in [0.4, 0.5) is 4.39 Å². The smallest absolute Gasteiger partial charge is 0.230 e. The van der Waals surface area contributed by atoms with Crippen LogP contribution in [0.1, 0.15) is 17.7 Å². The van der Waals surface area contributed by atoms with Crippen LogP contribution in [-0.2, 0) is 11.2 Å². The fourth-order valence-electron chi connectivity index (χ4n) is 2.69. The first-order valence-electron chi connectivity index (χ1n) is 8.87. The number of thioether (sulfide) groups is 1. The lowest BCUT2D eigenvalue weighted by Crippen LogP contribution is -2.26. The van der Waals surface area contributed by atoms with Crippen molar-refractivity contribution in [2.75, 3.05) is 12.3 Å². The molecule has 0 fully saturated rings. The van der Waals surface area contributed by atoms with Gasteiger partial charge in [-0.15, -0.1) is 11.8 Å². The third kappa shape index (κ3) is 5.69. The molecule has 0 bridgehead atoms. The lowest BCUT2D eigenvalue weighted by Gasteiger charge is -2.05. The Morgan fingerprint density at radius 1 is 1.15 bits per heavy atom. The van der Waals surface area contributed by atoms with Crippen molar-refractivity contribution in [3.63, 3.8) is 0 Å². The fourth-order valence-corrected chi connectivity index (χ4v) is 3.42. The largest absolute Gasteiger partial charge is 0.355 e. The van der Waals surface area contributed by atoms with Crippen LogP contribution in [0, 0.1) is 12.7 Å². The molecule has 1 amide bonds. The summed E-state index contributed by atoms with van der Waals surface area (Å²) in [4.78, 5) is 12.8. The third-order valence-electron chi connectivity index (χ3n) is 4.15. The van der Waals surface area contributed by atoms with Gasteiger partial charge in [0, 0.05) is 17.6 Å². The van der Waals surface area contributed by atoms with Crippen LogP contribution < -0.4 is 5.32 Å². The van der Waals surface area contributed by atoms with E-state index in [2.05, 4.69) is 16.6 Å². The Hall–Kier alpha value is -2.60. The first kappa shape index (κ1) is 19.2. The number of carbonyl (C=O) groups is 1. The molecule has 0 aliphatic heterocycles. The van der Waals surface area contributed by atoms with E-state index in [0.717, 1.165) is 29.1 Å². The number of para-hydroxylation sites is 1. The van der Waals surface area contributed by atoms with Crippen LogP contribution in [0.5, 0.6) is 0 Å². The Morgan fingerprint density at radius 2 is 1.89 bits per heavy atom. The molecule has 0 atom stereocenters. The lowest BCUT2D eigenvalue weighted by molar-refractivity contribution is -0.118. The molecule has 27 heavy (non-hydrogen) atoms. The summed E-state index contributed by atoms with van der Waals surface area (Å²) < 4.78 is 14.8. The zero-order valence-electron chi connectivity index (χ0n) is 15.2. The average molecular weight is 383 g/mol. The topological polar surface area (TPSA) is 46.9 Å². The number of benzene rings is 2. The van der Waals surface area contributed by atoms with Crippen molar-refractivity contribution in [3.8, 4) is 5.69 Å². The van der Waals surface area contributed by atoms with E-state index in [1.165, 1.54) is 29.5 Å². The van der Waals surface area contributed by atoms with Gasteiger partial charge in [0.1, 0.15) is 5.82 Å². The van der Waals surface area contributed by atoms with E-state index in [1.54, 1.807) is 12.1 Å². The predicted molar refractivity (Wildman–Crippen MR) is 107 cm³/mol. The van der Waals surface area contributed by atoms with E-state index in [4.69, 9.17) is 0 Å². The summed E-state index contributed by atoms with van der Waals surface area (Å²) in [6.45, 7) is 2.63. The SMILES string of the molecule is Cc1nn(-c2ccccc2)cc1CCCNC(=O)CSc1ccc(F)cc1. The Morgan fingerprint density at radius 3 is 2.63 bits per heavy atom. The Kier molecular flexibility index (Phi) is 6.65. The summed E-state index contributed by atoms with van der Waals surface area (Å²) in [6.07, 6.45) is 3.77. The Labute approximate surface area is 162 Å². The second-order valence-electron chi connectivity index (χ2n) is 6.22. The summed E-state index contributed by atoms with van der Waals surface area (Å²) >= 11 is 1.40. The number of hydrogen-bond donors (Lipinski definition) is 1. The number of halogens is 1. The van der Waals surface area contributed by atoms with Gasteiger partial charge in [0.2, 0.25) is 5.91 Å². The summed E-state index contributed by atoms with van der Waals surface area (Å²) in [5.74, 6) is 0.0482. The number of aryl methyl sites for hydroxylation is 2. The molecule has 1 aromatic heterocycles. The van der Waals surface area contributed by atoms with Gasteiger partial charge in [-0.3, -0.25) is 4.79 Å². The minimum Gasteiger partial charge on any atom is -0.355 e. The number of hydrogen-bond acceptors (Lipinski definition) is 3. The van der Waals surface area contributed by atoms with Gasteiger partial charge in [0.05, 0.1) is 17.1 Å². The maximum absolute atomic E-state index is 12.9. The van der Waals surface area contributed by atoms with Crippen molar-refractivity contribution >= 4 is 17.7 Å². The summed E-state index contributed by atoms with van der Waals surface area (Å²) in [5, 5.41) is 7.49. The molecule has 0 aliphatic carbocycles. The average Bonchev–Trinajstić information content (AvgIpc) is 3.06. The number of amides is 1. The molecule has 6 heteroatoms. The van der Waals surface area contributed by atoms with Crippen LogP contribution in [0.25, 0.3) is 5.69 Å². The van der Waals surface area contributed by atoms with Crippen molar-refractivity contribution in [2.24, 2.45) is 0 Å². The van der Waals surface area contributed by atoms with Crippen molar-refractivity contribution in [2.45, 2.75) is 24.7 Å². The molecule has 3 rings (SSSR count). The van der Waals surface area contributed by atoms with Gasteiger partial charge in [-0.25, -0.2) is 9.07 Å². The molecule has 1 heterocycles. The zero-order chi connectivity index (χ0) is 19.1. The molecule has 4 nitrogen and oxygen atoms in total. The maximum Gasteiger partial charge on any atom is 0.230 e. The monoisotopic (exact) mass is 383 g/mol. The highest BCUT2D eigenvalue weighted by Crippen LogP contribution is 2.17. The molecule has 3 aromatic rings. The molecular formula is C21H22FN3OS. The van der Waals surface area contributed by atoms with Gasteiger partial charge >= 0.3 is 0 Å². The van der Waals surface area contributed by atoms with Crippen LogP contribution in [0.3, 0.4) is 0 Å². The first-order chi connectivity index (χ1) is 13.1. The van der Waals surface area contributed by atoms with Gasteiger partial charge in [0.25, 0.3) is 0 Å². The molecule has 140 valence electrons. The lowest BCUT2D eigenvalue weighted by atomic mass is 10.1. The predicted octanol–water partition coefficient (Wildman–Crippen LogP) is 4.16. The maximum atomic E-state index is 12.9. The standard InChI is InChI=1S/C21H22FN3OS/c1-16-17(14-25(24-16)19-7-3-2-4-8-19)6-5-13-23-21(26)15-27-20-11-9-18(22)10-12-20/h2-4,7-12,14H,5-6,13,15H2,1H3,(H,23,26). The second-order valence-corrected chi connectivity index (χ2v) is 7.26. The molecular weight excluding hydrogens is 361 g/mol. The van der Waals surface area contributed by atoms with Crippen LogP contribution in [-0.4, -0.2) is 28.0 Å². The minimum absolute atomic E-state index is 0.0129. The van der Waals surface area contributed by atoms with Gasteiger partial charge in [-0.1, -0.05) is 18.2 Å². The molecule has 0 aliphatic rings. The third-order valence-corrected chi connectivity index (χ3v) is 5.16. The van der Waals surface area contributed by atoms with E-state index in [0.29, 0.717) is 12.3 Å². The van der Waals surface area contributed by atoms with Crippen molar-refractivity contribution in [1.29, 1.82) is 0 Å². The fraction of sp³-hybridized carbons (Fsp3) is 0.238. The molecule has 0 radical (unpaired) electrons. The number of aromatic nitrogens is 2. The van der Waals surface area contributed by atoms with Gasteiger partial charge < -0.3 is 5.32 Å². The van der Waals surface area contributed by atoms with Gasteiger partial charge in [-0.2, -0.15) is 5.10 Å². The Balaban J connectivity index is 1.40. The van der Waals surface area contributed by atoms with Gasteiger partial charge in [0.15, 0.2) is 0 Å². The van der Waals surface area contributed by atoms with Crippen LogP contribution in [0.15, 0.2) is 65.7 Å². The van der Waals surface area contributed by atoms with Crippen LogP contribution >= 0.6 is 11.8 Å². The summed E-state index contributed by atoms with van der Waals surface area (Å²) in [7, 11) is 0. The molecule has 0 unspecified atom stereocenters.